The van der Waals surface area contributed by atoms with Gasteiger partial charge in [-0.05, 0) is 12.8 Å². The maximum atomic E-state index is 5.05. The van der Waals surface area contributed by atoms with Gasteiger partial charge in [-0.2, -0.15) is 0 Å². The Hall–Kier alpha value is -0.120. The number of hydrogen-bond acceptors (Lipinski definition) is 3. The molecule has 0 aromatic carbocycles. The van der Waals surface area contributed by atoms with Crippen LogP contribution in [-0.4, -0.2) is 34.2 Å². The predicted octanol–water partition coefficient (Wildman–Crippen LogP) is 1.03. The molecule has 3 heteroatoms. The first-order chi connectivity index (χ1) is 4.91. The first-order valence-electron chi connectivity index (χ1n) is 3.47. The maximum Gasteiger partial charge on any atom is 0.146 e. The van der Waals surface area contributed by atoms with Crippen molar-refractivity contribution >= 4 is 0 Å². The van der Waals surface area contributed by atoms with E-state index in [4.69, 9.17) is 14.2 Å². The highest BCUT2D eigenvalue weighted by Gasteiger charge is 1.86. The van der Waals surface area contributed by atoms with Crippen LogP contribution in [0.3, 0.4) is 0 Å². The second kappa shape index (κ2) is 8.88. The molecule has 0 aliphatic heterocycles. The number of methoxy groups -OCH3 is 2. The Morgan fingerprint density at radius 2 is 1.60 bits per heavy atom. The van der Waals surface area contributed by atoms with Crippen molar-refractivity contribution in [1.82, 2.24) is 0 Å². The average Bonchev–Trinajstić information content (AvgIpc) is 1.97. The lowest BCUT2D eigenvalue weighted by molar-refractivity contribution is -0.0324. The molecule has 0 saturated heterocycles. The first-order valence-corrected chi connectivity index (χ1v) is 3.47. The Balaban J connectivity index is 2.65. The Morgan fingerprint density at radius 3 is 2.20 bits per heavy atom. The summed E-state index contributed by atoms with van der Waals surface area (Å²) in [5.74, 6) is 0. The minimum atomic E-state index is 0.396. The number of unbranched alkanes of at least 4 members (excludes halogenated alkanes) is 1. The zero-order chi connectivity index (χ0) is 7.66. The van der Waals surface area contributed by atoms with E-state index >= 15 is 0 Å². The molecule has 62 valence electrons. The van der Waals surface area contributed by atoms with Crippen LogP contribution in [0.25, 0.3) is 0 Å². The normalized spacial score (nSPS) is 10.2. The van der Waals surface area contributed by atoms with Gasteiger partial charge in [-0.25, -0.2) is 0 Å². The summed E-state index contributed by atoms with van der Waals surface area (Å²) < 4.78 is 14.6. The smallest absolute Gasteiger partial charge is 0.146 e. The molecule has 0 aliphatic carbocycles. The zero-order valence-corrected chi connectivity index (χ0v) is 6.76. The van der Waals surface area contributed by atoms with Crippen LogP contribution in [0.4, 0.5) is 0 Å². The third kappa shape index (κ3) is 7.88. The van der Waals surface area contributed by atoms with Crippen molar-refractivity contribution < 1.29 is 14.2 Å². The minimum Gasteiger partial charge on any atom is -0.385 e. The van der Waals surface area contributed by atoms with Gasteiger partial charge in [0, 0.05) is 27.4 Å². The van der Waals surface area contributed by atoms with Crippen LogP contribution in [0.2, 0.25) is 0 Å². The highest BCUT2D eigenvalue weighted by atomic mass is 16.7. The van der Waals surface area contributed by atoms with Gasteiger partial charge < -0.3 is 14.2 Å². The summed E-state index contributed by atoms with van der Waals surface area (Å²) in [5.41, 5.74) is 0. The lowest BCUT2D eigenvalue weighted by Crippen LogP contribution is -1.99. The largest absolute Gasteiger partial charge is 0.385 e. The van der Waals surface area contributed by atoms with Gasteiger partial charge >= 0.3 is 0 Å². The van der Waals surface area contributed by atoms with E-state index < -0.39 is 0 Å². The average molecular weight is 148 g/mol. The van der Waals surface area contributed by atoms with Crippen LogP contribution in [0, 0.1) is 0 Å². The summed E-state index contributed by atoms with van der Waals surface area (Å²) in [4.78, 5) is 0. The van der Waals surface area contributed by atoms with E-state index in [1.807, 2.05) is 0 Å². The van der Waals surface area contributed by atoms with Gasteiger partial charge in [-0.3, -0.25) is 0 Å². The predicted molar refractivity (Wildman–Crippen MR) is 38.9 cm³/mol. The van der Waals surface area contributed by atoms with E-state index in [2.05, 4.69) is 0 Å². The van der Waals surface area contributed by atoms with Gasteiger partial charge in [0.05, 0.1) is 0 Å². The second-order valence-electron chi connectivity index (χ2n) is 2.01. The van der Waals surface area contributed by atoms with Crippen LogP contribution < -0.4 is 0 Å². The first kappa shape index (κ1) is 9.88. The van der Waals surface area contributed by atoms with Gasteiger partial charge in [-0.15, -0.1) is 0 Å². The third-order valence-corrected chi connectivity index (χ3v) is 1.09. The molecule has 0 N–H and O–H groups in total. The van der Waals surface area contributed by atoms with E-state index in [0.717, 1.165) is 26.1 Å². The van der Waals surface area contributed by atoms with Crippen LogP contribution >= 0.6 is 0 Å². The minimum absolute atomic E-state index is 0.396. The zero-order valence-electron chi connectivity index (χ0n) is 6.76. The standard InChI is InChI=1S/C7H16O3/c1-8-5-3-4-6-10-7-9-2/h3-7H2,1-2H3. The fourth-order valence-electron chi connectivity index (χ4n) is 0.593. The topological polar surface area (TPSA) is 27.7 Å². The fraction of sp³-hybridized carbons (Fsp3) is 1.00. The third-order valence-electron chi connectivity index (χ3n) is 1.09. The molecule has 3 nitrogen and oxygen atoms in total. The van der Waals surface area contributed by atoms with Gasteiger partial charge in [0.25, 0.3) is 0 Å². The summed E-state index contributed by atoms with van der Waals surface area (Å²) in [5, 5.41) is 0. The summed E-state index contributed by atoms with van der Waals surface area (Å²) in [7, 11) is 3.32. The van der Waals surface area contributed by atoms with Crippen molar-refractivity contribution in [2.45, 2.75) is 12.8 Å². The van der Waals surface area contributed by atoms with Crippen molar-refractivity contribution in [2.75, 3.05) is 34.2 Å². The lowest BCUT2D eigenvalue weighted by atomic mass is 10.3. The van der Waals surface area contributed by atoms with E-state index in [1.165, 1.54) is 0 Å². The number of hydrogen-bond donors (Lipinski definition) is 0. The molecule has 0 unspecified atom stereocenters. The molecule has 0 fully saturated rings. The summed E-state index contributed by atoms with van der Waals surface area (Å²) in [6.45, 7) is 1.97. The van der Waals surface area contributed by atoms with Crippen molar-refractivity contribution in [3.8, 4) is 0 Å². The quantitative estimate of drug-likeness (QED) is 0.398. The van der Waals surface area contributed by atoms with Gasteiger partial charge in [0.15, 0.2) is 0 Å². The highest BCUT2D eigenvalue weighted by molar-refractivity contribution is 4.35. The molecule has 0 radical (unpaired) electrons. The molecule has 0 heterocycles. The maximum absolute atomic E-state index is 5.05. The van der Waals surface area contributed by atoms with E-state index in [-0.39, 0.29) is 0 Å². The number of rotatable bonds is 7. The molecule has 0 rings (SSSR count). The molecule has 0 spiro atoms. The second-order valence-corrected chi connectivity index (χ2v) is 2.01. The molecule has 0 saturated carbocycles. The summed E-state index contributed by atoms with van der Waals surface area (Å²) in [6, 6.07) is 0. The Labute approximate surface area is 62.3 Å². The SMILES string of the molecule is COCCCCOCOC. The van der Waals surface area contributed by atoms with Crippen LogP contribution in [0.15, 0.2) is 0 Å². The van der Waals surface area contributed by atoms with Gasteiger partial charge in [0.1, 0.15) is 6.79 Å². The molecular formula is C7H16O3. The summed E-state index contributed by atoms with van der Waals surface area (Å²) >= 11 is 0. The van der Waals surface area contributed by atoms with Gasteiger partial charge in [-0.1, -0.05) is 0 Å². The molecule has 0 aliphatic rings. The van der Waals surface area contributed by atoms with E-state index in [9.17, 15) is 0 Å². The Kier molecular flexibility index (Phi) is 8.77. The molecular weight excluding hydrogens is 132 g/mol. The Morgan fingerprint density at radius 1 is 0.900 bits per heavy atom. The monoisotopic (exact) mass is 148 g/mol. The van der Waals surface area contributed by atoms with Crippen molar-refractivity contribution in [3.63, 3.8) is 0 Å². The fourth-order valence-corrected chi connectivity index (χ4v) is 0.593. The molecule has 0 amide bonds. The van der Waals surface area contributed by atoms with Crippen LogP contribution in [0.5, 0.6) is 0 Å². The lowest BCUT2D eigenvalue weighted by Gasteiger charge is -2.01. The van der Waals surface area contributed by atoms with E-state index in [0.29, 0.717) is 6.79 Å². The molecule has 10 heavy (non-hydrogen) atoms. The van der Waals surface area contributed by atoms with Crippen molar-refractivity contribution in [3.05, 3.63) is 0 Å². The molecule has 0 aromatic heterocycles. The van der Waals surface area contributed by atoms with Crippen molar-refractivity contribution in [2.24, 2.45) is 0 Å². The molecule has 0 aromatic rings. The van der Waals surface area contributed by atoms with E-state index in [1.54, 1.807) is 14.2 Å². The Bertz CT molecular complexity index is 48.8. The molecule has 0 atom stereocenters. The van der Waals surface area contributed by atoms with Gasteiger partial charge in [0.2, 0.25) is 0 Å². The van der Waals surface area contributed by atoms with Crippen LogP contribution in [-0.2, 0) is 14.2 Å². The number of ether oxygens (including phenoxy) is 3. The highest BCUT2D eigenvalue weighted by Crippen LogP contribution is 1.89. The summed E-state index contributed by atoms with van der Waals surface area (Å²) in [6.07, 6.45) is 2.09. The van der Waals surface area contributed by atoms with Crippen molar-refractivity contribution in [1.29, 1.82) is 0 Å². The molecule has 0 bridgehead atoms. The van der Waals surface area contributed by atoms with Crippen LogP contribution in [0.1, 0.15) is 12.8 Å².